The maximum Gasteiger partial charge on any atom is 0.325 e. The number of aromatic hydroxyl groups is 1. The van der Waals surface area contributed by atoms with Gasteiger partial charge in [0.25, 0.3) is 6.17 Å². The van der Waals surface area contributed by atoms with E-state index in [2.05, 4.69) is 31.3 Å². The third kappa shape index (κ3) is 2.96. The maximum absolute atomic E-state index is 12.8. The van der Waals surface area contributed by atoms with Crippen LogP contribution in [0.1, 0.15) is 11.7 Å². The number of benzene rings is 2. The molecule has 4 rings (SSSR count). The lowest BCUT2D eigenvalue weighted by Gasteiger charge is -2.23. The zero-order chi connectivity index (χ0) is 19.1. The van der Waals surface area contributed by atoms with E-state index < -0.39 is 6.17 Å². The summed E-state index contributed by atoms with van der Waals surface area (Å²) in [6, 6.07) is 11.1. The Morgan fingerprint density at radius 3 is 2.85 bits per heavy atom. The maximum atomic E-state index is 12.8. The van der Waals surface area contributed by atoms with Crippen molar-refractivity contribution in [1.29, 1.82) is 0 Å². The quantitative estimate of drug-likeness (QED) is 0.422. The van der Waals surface area contributed by atoms with Crippen molar-refractivity contribution in [1.82, 2.24) is 10.1 Å². The first kappa shape index (κ1) is 17.9. The Morgan fingerprint density at radius 1 is 1.33 bits per heavy atom. The number of nitrogens with zero attached hydrogens (tertiary/aromatic N) is 2. The summed E-state index contributed by atoms with van der Waals surface area (Å²) in [7, 11) is 1.49. The molecule has 0 aliphatic carbocycles. The molecule has 1 aliphatic rings. The van der Waals surface area contributed by atoms with E-state index in [0.29, 0.717) is 21.1 Å². The predicted molar refractivity (Wildman–Crippen MR) is 106 cm³/mol. The highest BCUT2D eigenvalue weighted by molar-refractivity contribution is 9.10. The number of phenolic OH excluding ortho intramolecular Hbond substituents is 1. The van der Waals surface area contributed by atoms with Gasteiger partial charge in [-0.1, -0.05) is 23.9 Å². The summed E-state index contributed by atoms with van der Waals surface area (Å²) in [5.41, 5.74) is 2.64. The van der Waals surface area contributed by atoms with Crippen LogP contribution >= 0.6 is 27.7 Å². The Balaban J connectivity index is 1.99. The molecule has 0 spiro atoms. The Morgan fingerprint density at radius 2 is 2.11 bits per heavy atom. The molecule has 138 valence electrons. The van der Waals surface area contributed by atoms with Crippen LogP contribution in [0.3, 0.4) is 0 Å². The van der Waals surface area contributed by atoms with Gasteiger partial charge in [0.05, 0.1) is 22.8 Å². The van der Waals surface area contributed by atoms with E-state index in [9.17, 15) is 9.90 Å². The number of halogens is 1. The molecule has 0 bridgehead atoms. The van der Waals surface area contributed by atoms with E-state index in [-0.39, 0.29) is 11.3 Å². The molecule has 0 saturated heterocycles. The van der Waals surface area contributed by atoms with Crippen molar-refractivity contribution in [3.63, 3.8) is 0 Å². The lowest BCUT2D eigenvalue weighted by molar-refractivity contribution is -0.759. The molecule has 0 unspecified atom stereocenters. The SMILES string of the molecule is COc1cc([C@H]2Nc3ccccc3-c3c(=O)[nH]c(SC)n[n+]32)cc(Br)c1O. The molecular formula is C18H16BrN4O3S+. The number of thioether (sulfide) groups is 1. The number of aromatic nitrogens is 3. The Labute approximate surface area is 167 Å². The lowest BCUT2D eigenvalue weighted by Crippen LogP contribution is -2.55. The van der Waals surface area contributed by atoms with Crippen LogP contribution in [0.5, 0.6) is 11.5 Å². The Bertz CT molecular complexity index is 1100. The summed E-state index contributed by atoms with van der Waals surface area (Å²) >= 11 is 4.72. The number of ether oxygens (including phenoxy) is 1. The Hall–Kier alpha value is -2.52. The van der Waals surface area contributed by atoms with Gasteiger partial charge in [0.2, 0.25) is 5.16 Å². The molecule has 27 heavy (non-hydrogen) atoms. The van der Waals surface area contributed by atoms with E-state index in [1.54, 1.807) is 16.8 Å². The molecule has 0 saturated carbocycles. The van der Waals surface area contributed by atoms with Crippen LogP contribution in [0, 0.1) is 0 Å². The number of hydrogen-bond acceptors (Lipinski definition) is 6. The molecule has 2 heterocycles. The van der Waals surface area contributed by atoms with Gasteiger partial charge in [0.15, 0.2) is 11.5 Å². The third-order valence-corrected chi connectivity index (χ3v) is 5.54. The largest absolute Gasteiger partial charge is 0.503 e. The van der Waals surface area contributed by atoms with Crippen molar-refractivity contribution in [3.05, 3.63) is 56.8 Å². The highest BCUT2D eigenvalue weighted by atomic mass is 79.9. The van der Waals surface area contributed by atoms with Crippen molar-refractivity contribution in [3.8, 4) is 22.8 Å². The van der Waals surface area contributed by atoms with Crippen LogP contribution in [0.25, 0.3) is 11.3 Å². The normalized spacial score (nSPS) is 14.9. The van der Waals surface area contributed by atoms with Gasteiger partial charge in [-0.25, -0.2) is 0 Å². The minimum Gasteiger partial charge on any atom is -0.503 e. The van der Waals surface area contributed by atoms with E-state index in [1.165, 1.54) is 18.9 Å². The van der Waals surface area contributed by atoms with Crippen LogP contribution in [0.2, 0.25) is 0 Å². The molecule has 0 radical (unpaired) electrons. The second-order valence-electron chi connectivity index (χ2n) is 5.90. The molecule has 9 heteroatoms. The first-order valence-corrected chi connectivity index (χ1v) is 10.1. The van der Waals surface area contributed by atoms with Crippen LogP contribution in [-0.2, 0) is 0 Å². The number of rotatable bonds is 3. The zero-order valence-corrected chi connectivity index (χ0v) is 16.9. The molecule has 0 amide bonds. The smallest absolute Gasteiger partial charge is 0.325 e. The van der Waals surface area contributed by atoms with Crippen LogP contribution < -0.4 is 20.3 Å². The fourth-order valence-corrected chi connectivity index (χ4v) is 3.94. The van der Waals surface area contributed by atoms with Crippen LogP contribution in [0.4, 0.5) is 5.69 Å². The van der Waals surface area contributed by atoms with Gasteiger partial charge in [-0.3, -0.25) is 9.78 Å². The van der Waals surface area contributed by atoms with Gasteiger partial charge >= 0.3 is 11.3 Å². The molecule has 3 aromatic rings. The number of H-pyrrole nitrogens is 1. The summed E-state index contributed by atoms with van der Waals surface area (Å²) < 4.78 is 7.44. The van der Waals surface area contributed by atoms with E-state index in [0.717, 1.165) is 16.8 Å². The monoisotopic (exact) mass is 447 g/mol. The van der Waals surface area contributed by atoms with Crippen LogP contribution in [0.15, 0.2) is 50.8 Å². The van der Waals surface area contributed by atoms with Gasteiger partial charge in [0, 0.05) is 10.7 Å². The van der Waals surface area contributed by atoms with E-state index >= 15 is 0 Å². The summed E-state index contributed by atoms with van der Waals surface area (Å²) in [5, 5.41) is 18.7. The number of aromatic amines is 1. The van der Waals surface area contributed by atoms with Gasteiger partial charge < -0.3 is 15.2 Å². The molecule has 2 aromatic carbocycles. The number of nitrogens with one attached hydrogen (secondary N) is 2. The fourth-order valence-electron chi connectivity index (χ4n) is 3.11. The molecule has 1 aliphatic heterocycles. The number of para-hydroxylation sites is 1. The molecule has 1 atom stereocenters. The topological polar surface area (TPSA) is 91.1 Å². The standard InChI is InChI=1S/C18H15BrN4O3S/c1-26-13-8-9(7-11(19)15(13)24)16-20-12-6-4-3-5-10(12)14-17(25)21-18(27-2)22-23(14)16/h3-8,16H,1-2H3,(H2,21,22,24,25)/p+1/t16-/m0/s1. The molecular weight excluding hydrogens is 432 g/mol. The highest BCUT2D eigenvalue weighted by Crippen LogP contribution is 2.38. The van der Waals surface area contributed by atoms with Gasteiger partial charge in [0.1, 0.15) is 0 Å². The number of phenols is 1. The number of hydrogen-bond donors (Lipinski definition) is 3. The second-order valence-corrected chi connectivity index (χ2v) is 7.55. The molecule has 3 N–H and O–H groups in total. The average Bonchev–Trinajstić information content (AvgIpc) is 2.68. The van der Waals surface area contributed by atoms with Crippen molar-refractivity contribution < 1.29 is 14.5 Å². The van der Waals surface area contributed by atoms with Gasteiger partial charge in [-0.15, -0.1) is 0 Å². The molecule has 0 fully saturated rings. The summed E-state index contributed by atoms with van der Waals surface area (Å²) in [6.45, 7) is 0. The number of fused-ring (bicyclic) bond motifs is 3. The predicted octanol–water partition coefficient (Wildman–Crippen LogP) is 2.90. The minimum atomic E-state index is -0.450. The molecule has 1 aromatic heterocycles. The first-order chi connectivity index (χ1) is 13.0. The fraction of sp³-hybridized carbons (Fsp3) is 0.167. The summed E-state index contributed by atoms with van der Waals surface area (Å²) in [6.07, 6.45) is 1.40. The van der Waals surface area contributed by atoms with E-state index in [4.69, 9.17) is 4.74 Å². The zero-order valence-electron chi connectivity index (χ0n) is 14.5. The molecule has 7 nitrogen and oxygen atoms in total. The third-order valence-electron chi connectivity index (χ3n) is 4.36. The highest BCUT2D eigenvalue weighted by Gasteiger charge is 2.38. The Kier molecular flexibility index (Phi) is 4.56. The number of methoxy groups -OCH3 is 1. The lowest BCUT2D eigenvalue weighted by atomic mass is 10.0. The summed E-state index contributed by atoms with van der Waals surface area (Å²) in [4.78, 5) is 15.6. The van der Waals surface area contributed by atoms with Crippen LogP contribution in [-0.4, -0.2) is 28.6 Å². The van der Waals surface area contributed by atoms with E-state index in [1.807, 2.05) is 30.5 Å². The van der Waals surface area contributed by atoms with Crippen molar-refractivity contribution in [2.24, 2.45) is 0 Å². The minimum absolute atomic E-state index is 0.0198. The number of anilines is 1. The van der Waals surface area contributed by atoms with Crippen molar-refractivity contribution >= 4 is 33.4 Å². The summed E-state index contributed by atoms with van der Waals surface area (Å²) in [5.74, 6) is 0.350. The van der Waals surface area contributed by atoms with Crippen molar-refractivity contribution in [2.75, 3.05) is 18.7 Å². The average molecular weight is 448 g/mol. The van der Waals surface area contributed by atoms with Gasteiger partial charge in [-0.2, -0.15) is 0 Å². The second kappa shape index (κ2) is 6.90. The van der Waals surface area contributed by atoms with Crippen molar-refractivity contribution in [2.45, 2.75) is 11.3 Å². The first-order valence-electron chi connectivity index (χ1n) is 8.06. The van der Waals surface area contributed by atoms with Gasteiger partial charge in [-0.05, 0) is 51.1 Å².